The van der Waals surface area contributed by atoms with E-state index in [-0.39, 0.29) is 6.10 Å². The average molecular weight is 229 g/mol. The van der Waals surface area contributed by atoms with E-state index in [1.165, 1.54) is 11.1 Å². The molecular weight excluding hydrogens is 218 g/mol. The van der Waals surface area contributed by atoms with Crippen molar-refractivity contribution in [1.29, 1.82) is 0 Å². The van der Waals surface area contributed by atoms with Crippen molar-refractivity contribution in [2.24, 2.45) is 5.16 Å². The van der Waals surface area contributed by atoms with Crippen LogP contribution in [0.25, 0.3) is 0 Å². The van der Waals surface area contributed by atoms with Crippen molar-refractivity contribution >= 4 is 17.0 Å². The van der Waals surface area contributed by atoms with Gasteiger partial charge in [0.15, 0.2) is 6.10 Å². The average Bonchev–Trinajstić information content (AvgIpc) is 3.01. The topological polar surface area (TPSA) is 21.6 Å². The van der Waals surface area contributed by atoms with E-state index < -0.39 is 0 Å². The third-order valence-corrected chi connectivity index (χ3v) is 3.38. The maximum Gasteiger partial charge on any atom is 0.158 e. The molecule has 2 nitrogen and oxygen atoms in total. The van der Waals surface area contributed by atoms with Crippen LogP contribution in [0.3, 0.4) is 0 Å². The molecule has 0 aliphatic carbocycles. The highest BCUT2D eigenvalue weighted by Crippen LogP contribution is 2.29. The van der Waals surface area contributed by atoms with Crippen LogP contribution in [0, 0.1) is 0 Å². The molecule has 1 aromatic heterocycles. The van der Waals surface area contributed by atoms with E-state index in [1.807, 2.05) is 18.2 Å². The Hall–Kier alpha value is -1.61. The zero-order valence-electron chi connectivity index (χ0n) is 8.67. The van der Waals surface area contributed by atoms with Crippen molar-refractivity contribution in [3.05, 3.63) is 58.3 Å². The molecule has 0 radical (unpaired) electrons. The van der Waals surface area contributed by atoms with Crippen LogP contribution in [0.1, 0.15) is 23.7 Å². The van der Waals surface area contributed by atoms with Gasteiger partial charge in [-0.15, -0.1) is 0 Å². The minimum atomic E-state index is 0.0797. The minimum Gasteiger partial charge on any atom is -0.387 e. The van der Waals surface area contributed by atoms with Crippen LogP contribution in [-0.4, -0.2) is 5.71 Å². The molecule has 1 unspecified atom stereocenters. The zero-order valence-corrected chi connectivity index (χ0v) is 9.48. The van der Waals surface area contributed by atoms with E-state index in [0.717, 1.165) is 12.1 Å². The lowest BCUT2D eigenvalue weighted by Crippen LogP contribution is -2.00. The van der Waals surface area contributed by atoms with Crippen LogP contribution in [0.2, 0.25) is 0 Å². The normalized spacial score (nSPS) is 19.2. The second-order valence-corrected chi connectivity index (χ2v) is 4.54. The Bertz CT molecular complexity index is 490. The first-order valence-corrected chi connectivity index (χ1v) is 6.18. The van der Waals surface area contributed by atoms with E-state index in [4.69, 9.17) is 4.84 Å². The van der Waals surface area contributed by atoms with E-state index in [2.05, 4.69) is 34.1 Å². The van der Waals surface area contributed by atoms with E-state index in [0.29, 0.717) is 0 Å². The van der Waals surface area contributed by atoms with Gasteiger partial charge in [-0.25, -0.2) is 0 Å². The van der Waals surface area contributed by atoms with Crippen molar-refractivity contribution in [1.82, 2.24) is 0 Å². The molecule has 0 bridgehead atoms. The second kappa shape index (κ2) is 4.10. The van der Waals surface area contributed by atoms with Crippen LogP contribution in [0.15, 0.2) is 52.3 Å². The molecule has 1 aromatic carbocycles. The van der Waals surface area contributed by atoms with Crippen molar-refractivity contribution in [2.75, 3.05) is 0 Å². The number of oxime groups is 1. The number of thiophene rings is 1. The predicted molar refractivity (Wildman–Crippen MR) is 65.7 cm³/mol. The molecule has 0 N–H and O–H groups in total. The highest BCUT2D eigenvalue weighted by Gasteiger charge is 2.23. The Kier molecular flexibility index (Phi) is 2.46. The second-order valence-electron chi connectivity index (χ2n) is 3.76. The lowest BCUT2D eigenvalue weighted by molar-refractivity contribution is 0.0857. The first kappa shape index (κ1) is 9.60. The van der Waals surface area contributed by atoms with Gasteiger partial charge < -0.3 is 4.84 Å². The summed E-state index contributed by atoms with van der Waals surface area (Å²) in [5.74, 6) is 0. The number of hydrogen-bond donors (Lipinski definition) is 0. The zero-order chi connectivity index (χ0) is 10.8. The van der Waals surface area contributed by atoms with E-state index >= 15 is 0 Å². The van der Waals surface area contributed by atoms with Crippen molar-refractivity contribution in [3.8, 4) is 0 Å². The minimum absolute atomic E-state index is 0.0797. The third kappa shape index (κ3) is 1.74. The van der Waals surface area contributed by atoms with Crippen molar-refractivity contribution < 1.29 is 4.84 Å². The summed E-state index contributed by atoms with van der Waals surface area (Å²) in [6.45, 7) is 0. The molecule has 3 rings (SSSR count). The first-order valence-electron chi connectivity index (χ1n) is 5.24. The number of benzene rings is 1. The summed E-state index contributed by atoms with van der Waals surface area (Å²) in [5.41, 5.74) is 3.43. The summed E-state index contributed by atoms with van der Waals surface area (Å²) < 4.78 is 0. The summed E-state index contributed by atoms with van der Waals surface area (Å²) >= 11 is 1.69. The smallest absolute Gasteiger partial charge is 0.158 e. The standard InChI is InChI=1S/C13H11NOS/c1-2-4-10(5-3-1)13-8-12(14-15-13)11-6-7-16-9-11/h1-7,9,13H,8H2. The van der Waals surface area contributed by atoms with Crippen molar-refractivity contribution in [3.63, 3.8) is 0 Å². The summed E-state index contributed by atoms with van der Waals surface area (Å²) in [6, 6.07) is 12.3. The predicted octanol–water partition coefficient (Wildman–Crippen LogP) is 3.61. The monoisotopic (exact) mass is 229 g/mol. The molecule has 1 aliphatic rings. The maximum atomic E-state index is 5.47. The van der Waals surface area contributed by atoms with Gasteiger partial charge in [-0.05, 0) is 22.4 Å². The molecule has 2 aromatic rings. The van der Waals surface area contributed by atoms with Crippen molar-refractivity contribution in [2.45, 2.75) is 12.5 Å². The van der Waals surface area contributed by atoms with Crippen LogP contribution in [0.4, 0.5) is 0 Å². The quantitative estimate of drug-likeness (QED) is 0.770. The third-order valence-electron chi connectivity index (χ3n) is 2.69. The molecule has 1 atom stereocenters. The molecule has 3 heteroatoms. The molecule has 0 amide bonds. The highest BCUT2D eigenvalue weighted by molar-refractivity contribution is 7.08. The summed E-state index contributed by atoms with van der Waals surface area (Å²) in [7, 11) is 0. The molecule has 2 heterocycles. The fourth-order valence-corrected chi connectivity index (χ4v) is 2.49. The van der Waals surface area contributed by atoms with Gasteiger partial charge in [0, 0.05) is 12.0 Å². The fourth-order valence-electron chi connectivity index (χ4n) is 1.82. The molecule has 0 saturated carbocycles. The largest absolute Gasteiger partial charge is 0.387 e. The highest BCUT2D eigenvalue weighted by atomic mass is 32.1. The SMILES string of the molecule is c1ccc(C2CC(c3ccsc3)=NO2)cc1. The first-order chi connectivity index (χ1) is 7.93. The molecule has 80 valence electrons. The van der Waals surface area contributed by atoms with E-state index in [1.54, 1.807) is 11.3 Å². The number of hydrogen-bond acceptors (Lipinski definition) is 3. The lowest BCUT2D eigenvalue weighted by atomic mass is 10.0. The Morgan fingerprint density at radius 2 is 2.06 bits per heavy atom. The van der Waals surface area contributed by atoms with Gasteiger partial charge in [0.25, 0.3) is 0 Å². The number of rotatable bonds is 2. The van der Waals surface area contributed by atoms with Crippen LogP contribution in [-0.2, 0) is 4.84 Å². The van der Waals surface area contributed by atoms with Gasteiger partial charge in [0.05, 0.1) is 5.71 Å². The lowest BCUT2D eigenvalue weighted by Gasteiger charge is -2.07. The van der Waals surface area contributed by atoms with Gasteiger partial charge in [-0.1, -0.05) is 35.5 Å². The fraction of sp³-hybridized carbons (Fsp3) is 0.154. The Balaban J connectivity index is 1.78. The van der Waals surface area contributed by atoms with Gasteiger partial charge in [0.1, 0.15) is 0 Å². The molecule has 16 heavy (non-hydrogen) atoms. The van der Waals surface area contributed by atoms with Gasteiger partial charge >= 0.3 is 0 Å². The molecule has 0 saturated heterocycles. The summed E-state index contributed by atoms with van der Waals surface area (Å²) in [6.07, 6.45) is 0.942. The Morgan fingerprint density at radius 3 is 2.81 bits per heavy atom. The van der Waals surface area contributed by atoms with Gasteiger partial charge in [-0.3, -0.25) is 0 Å². The Labute approximate surface area is 98.2 Å². The van der Waals surface area contributed by atoms with Crippen LogP contribution in [0.5, 0.6) is 0 Å². The molecule has 0 fully saturated rings. The summed E-state index contributed by atoms with van der Waals surface area (Å²) in [4.78, 5) is 5.47. The molecule has 0 spiro atoms. The van der Waals surface area contributed by atoms with Gasteiger partial charge in [0.2, 0.25) is 0 Å². The Morgan fingerprint density at radius 1 is 1.19 bits per heavy atom. The summed E-state index contributed by atoms with van der Waals surface area (Å²) in [5, 5.41) is 8.33. The van der Waals surface area contributed by atoms with Crippen LogP contribution < -0.4 is 0 Å². The van der Waals surface area contributed by atoms with Gasteiger partial charge in [-0.2, -0.15) is 11.3 Å². The molecule has 1 aliphatic heterocycles. The maximum absolute atomic E-state index is 5.47. The molecular formula is C13H11NOS. The number of nitrogens with zero attached hydrogens (tertiary/aromatic N) is 1. The van der Waals surface area contributed by atoms with E-state index in [9.17, 15) is 0 Å². The van der Waals surface area contributed by atoms with Crippen LogP contribution >= 0.6 is 11.3 Å².